The van der Waals surface area contributed by atoms with Gasteiger partial charge in [0.2, 0.25) is 0 Å². The van der Waals surface area contributed by atoms with E-state index in [0.29, 0.717) is 0 Å². The Bertz CT molecular complexity index is 707. The number of methoxy groups -OCH3 is 1. The predicted octanol–water partition coefficient (Wildman–Crippen LogP) is 3.92. The second-order valence-electron chi connectivity index (χ2n) is 6.65. The molecule has 0 fully saturated rings. The smallest absolute Gasteiger partial charge is 0.126 e. The van der Waals surface area contributed by atoms with E-state index in [9.17, 15) is 0 Å². The van der Waals surface area contributed by atoms with Gasteiger partial charge in [-0.15, -0.1) is 0 Å². The number of hydrogen-bond donors (Lipinski definition) is 1. The second-order valence-corrected chi connectivity index (χ2v) is 6.65. The van der Waals surface area contributed by atoms with E-state index >= 15 is 0 Å². The van der Waals surface area contributed by atoms with Crippen LogP contribution < -0.4 is 10.5 Å². The molecular weight excluding hydrogens is 284 g/mol. The highest BCUT2D eigenvalue weighted by molar-refractivity contribution is 5.61. The van der Waals surface area contributed by atoms with E-state index in [4.69, 9.17) is 10.5 Å². The standard InChI is InChI=1S/C20H24N2O/c1-20(2,16-9-5-4-6-10-16)14-22-13-12-15-8-7-11-17(23-3)18(15)19(22)21/h4-13,19H,14,21H2,1-3H3. The molecule has 0 aromatic heterocycles. The first kappa shape index (κ1) is 15.6. The fourth-order valence-electron chi connectivity index (χ4n) is 3.22. The van der Waals surface area contributed by atoms with Gasteiger partial charge in [-0.05, 0) is 23.3 Å². The summed E-state index contributed by atoms with van der Waals surface area (Å²) in [5.74, 6) is 0.849. The van der Waals surface area contributed by atoms with Gasteiger partial charge in [-0.2, -0.15) is 0 Å². The number of nitrogens with two attached hydrogens (primary N) is 1. The fraction of sp³-hybridized carbons (Fsp3) is 0.300. The predicted molar refractivity (Wildman–Crippen MR) is 95.1 cm³/mol. The molecule has 1 heterocycles. The minimum atomic E-state index is -0.200. The molecule has 1 atom stereocenters. The number of rotatable bonds is 4. The summed E-state index contributed by atoms with van der Waals surface area (Å²) in [7, 11) is 1.69. The third-order valence-corrected chi connectivity index (χ3v) is 4.55. The maximum atomic E-state index is 6.55. The average Bonchev–Trinajstić information content (AvgIpc) is 2.57. The lowest BCUT2D eigenvalue weighted by molar-refractivity contribution is 0.227. The SMILES string of the molecule is COc1cccc2c1C(N)N(CC(C)(C)c1ccccc1)C=C2. The average molecular weight is 308 g/mol. The molecule has 1 aliphatic rings. The molecule has 120 valence electrons. The Labute approximate surface area is 138 Å². The van der Waals surface area contributed by atoms with Gasteiger partial charge in [0.25, 0.3) is 0 Å². The van der Waals surface area contributed by atoms with Crippen LogP contribution in [0.2, 0.25) is 0 Å². The highest BCUT2D eigenvalue weighted by Gasteiger charge is 2.29. The van der Waals surface area contributed by atoms with Gasteiger partial charge in [-0.1, -0.05) is 56.3 Å². The molecule has 0 bridgehead atoms. The summed E-state index contributed by atoms with van der Waals surface area (Å²) < 4.78 is 5.51. The summed E-state index contributed by atoms with van der Waals surface area (Å²) in [6, 6.07) is 16.6. The lowest BCUT2D eigenvalue weighted by atomic mass is 9.83. The molecule has 1 unspecified atom stereocenters. The van der Waals surface area contributed by atoms with Crippen LogP contribution >= 0.6 is 0 Å². The Morgan fingerprint density at radius 3 is 2.52 bits per heavy atom. The van der Waals surface area contributed by atoms with Crippen LogP contribution in [0.1, 0.15) is 36.7 Å². The molecule has 3 nitrogen and oxygen atoms in total. The molecular formula is C20H24N2O. The van der Waals surface area contributed by atoms with Crippen molar-refractivity contribution in [3.05, 3.63) is 71.4 Å². The summed E-state index contributed by atoms with van der Waals surface area (Å²) in [6.07, 6.45) is 4.01. The lowest BCUT2D eigenvalue weighted by Gasteiger charge is -2.38. The normalized spacial score (nSPS) is 17.0. The molecule has 0 saturated carbocycles. The molecule has 2 aromatic carbocycles. The van der Waals surface area contributed by atoms with Crippen LogP contribution in [0.5, 0.6) is 5.75 Å². The first-order valence-electron chi connectivity index (χ1n) is 7.95. The summed E-state index contributed by atoms with van der Waals surface area (Å²) in [5, 5.41) is 0. The van der Waals surface area contributed by atoms with E-state index in [-0.39, 0.29) is 11.6 Å². The number of fused-ring (bicyclic) bond motifs is 1. The first-order chi connectivity index (χ1) is 11.0. The Morgan fingerprint density at radius 2 is 1.83 bits per heavy atom. The van der Waals surface area contributed by atoms with Crippen LogP contribution in [0.3, 0.4) is 0 Å². The van der Waals surface area contributed by atoms with Crippen LogP contribution in [0.15, 0.2) is 54.7 Å². The summed E-state index contributed by atoms with van der Waals surface area (Å²) in [5.41, 5.74) is 10.0. The van der Waals surface area contributed by atoms with Gasteiger partial charge < -0.3 is 15.4 Å². The van der Waals surface area contributed by atoms with E-state index < -0.39 is 0 Å². The maximum absolute atomic E-state index is 6.55. The van der Waals surface area contributed by atoms with E-state index in [1.807, 2.05) is 18.2 Å². The molecule has 3 rings (SSSR count). The van der Waals surface area contributed by atoms with Crippen molar-refractivity contribution < 1.29 is 4.74 Å². The van der Waals surface area contributed by atoms with Gasteiger partial charge in [0.05, 0.1) is 7.11 Å². The van der Waals surface area contributed by atoms with Crippen molar-refractivity contribution in [2.75, 3.05) is 13.7 Å². The molecule has 2 N–H and O–H groups in total. The zero-order chi connectivity index (χ0) is 16.4. The van der Waals surface area contributed by atoms with Gasteiger partial charge in [-0.3, -0.25) is 0 Å². The van der Waals surface area contributed by atoms with Crippen LogP contribution in [-0.2, 0) is 5.41 Å². The second kappa shape index (κ2) is 6.09. The van der Waals surface area contributed by atoms with E-state index in [2.05, 4.69) is 61.4 Å². The molecule has 0 spiro atoms. The van der Waals surface area contributed by atoms with Gasteiger partial charge in [-0.25, -0.2) is 0 Å². The molecule has 0 amide bonds. The molecule has 2 aromatic rings. The lowest BCUT2D eigenvalue weighted by Crippen LogP contribution is -2.41. The van der Waals surface area contributed by atoms with Crippen LogP contribution in [0.25, 0.3) is 6.08 Å². The van der Waals surface area contributed by atoms with E-state index in [0.717, 1.165) is 23.4 Å². The van der Waals surface area contributed by atoms with E-state index in [1.165, 1.54) is 5.56 Å². The molecule has 23 heavy (non-hydrogen) atoms. The number of benzene rings is 2. The van der Waals surface area contributed by atoms with Crippen molar-refractivity contribution in [3.63, 3.8) is 0 Å². The van der Waals surface area contributed by atoms with Crippen LogP contribution in [-0.4, -0.2) is 18.6 Å². The number of ether oxygens (including phenoxy) is 1. The fourth-order valence-corrected chi connectivity index (χ4v) is 3.22. The Balaban J connectivity index is 1.88. The summed E-state index contributed by atoms with van der Waals surface area (Å²) in [4.78, 5) is 2.19. The molecule has 0 saturated heterocycles. The number of nitrogens with zero attached hydrogens (tertiary/aromatic N) is 1. The Kier molecular flexibility index (Phi) is 4.14. The van der Waals surface area contributed by atoms with E-state index in [1.54, 1.807) is 7.11 Å². The zero-order valence-corrected chi connectivity index (χ0v) is 14.0. The minimum Gasteiger partial charge on any atom is -0.496 e. The molecule has 3 heteroatoms. The first-order valence-corrected chi connectivity index (χ1v) is 7.95. The van der Waals surface area contributed by atoms with Crippen molar-refractivity contribution in [3.8, 4) is 5.75 Å². The van der Waals surface area contributed by atoms with Gasteiger partial charge in [0.15, 0.2) is 0 Å². The molecule has 1 aliphatic heterocycles. The third kappa shape index (κ3) is 2.97. The van der Waals surface area contributed by atoms with Gasteiger partial charge in [0, 0.05) is 23.7 Å². The van der Waals surface area contributed by atoms with Crippen molar-refractivity contribution in [2.45, 2.75) is 25.4 Å². The highest BCUT2D eigenvalue weighted by Crippen LogP contribution is 2.36. The third-order valence-electron chi connectivity index (χ3n) is 4.55. The molecule has 0 radical (unpaired) electrons. The Morgan fingerprint density at radius 1 is 1.09 bits per heavy atom. The molecule has 0 aliphatic carbocycles. The number of hydrogen-bond acceptors (Lipinski definition) is 3. The highest BCUT2D eigenvalue weighted by atomic mass is 16.5. The van der Waals surface area contributed by atoms with Crippen molar-refractivity contribution in [1.29, 1.82) is 0 Å². The van der Waals surface area contributed by atoms with Gasteiger partial charge in [0.1, 0.15) is 11.9 Å². The van der Waals surface area contributed by atoms with Crippen molar-refractivity contribution >= 4 is 6.08 Å². The van der Waals surface area contributed by atoms with Crippen molar-refractivity contribution in [2.24, 2.45) is 5.73 Å². The topological polar surface area (TPSA) is 38.5 Å². The largest absolute Gasteiger partial charge is 0.496 e. The monoisotopic (exact) mass is 308 g/mol. The summed E-state index contributed by atoms with van der Waals surface area (Å²) >= 11 is 0. The maximum Gasteiger partial charge on any atom is 0.126 e. The Hall–Kier alpha value is -2.26. The summed E-state index contributed by atoms with van der Waals surface area (Å²) in [6.45, 7) is 5.34. The van der Waals surface area contributed by atoms with Crippen molar-refractivity contribution in [1.82, 2.24) is 4.90 Å². The minimum absolute atomic E-state index is 0.00272. The zero-order valence-electron chi connectivity index (χ0n) is 14.0. The quantitative estimate of drug-likeness (QED) is 0.930. The van der Waals surface area contributed by atoms with Crippen LogP contribution in [0.4, 0.5) is 0 Å². The van der Waals surface area contributed by atoms with Crippen LogP contribution in [0, 0.1) is 0 Å². The van der Waals surface area contributed by atoms with Gasteiger partial charge >= 0.3 is 0 Å².